The number of ether oxygens (including phenoxy) is 1. The molecule has 0 fully saturated rings. The van der Waals surface area contributed by atoms with Crippen LogP contribution in [0.1, 0.15) is 13.8 Å². The van der Waals surface area contributed by atoms with Crippen LogP contribution < -0.4 is 15.4 Å². The zero-order valence-corrected chi connectivity index (χ0v) is 11.9. The summed E-state index contributed by atoms with van der Waals surface area (Å²) in [7, 11) is 0.634. The van der Waals surface area contributed by atoms with Crippen LogP contribution in [0, 0.1) is 0 Å². The second kappa shape index (κ2) is 7.10. The third-order valence-corrected chi connectivity index (χ3v) is 2.96. The van der Waals surface area contributed by atoms with E-state index >= 15 is 0 Å². The monoisotopic (exact) mass is 273 g/mol. The summed E-state index contributed by atoms with van der Waals surface area (Å²) >= 11 is 0. The van der Waals surface area contributed by atoms with E-state index in [-0.39, 0.29) is 12.1 Å². The topological polar surface area (TPSA) is 89.0 Å². The van der Waals surface area contributed by atoms with E-state index in [1.807, 2.05) is 13.8 Å². The molecule has 0 aliphatic heterocycles. The molecule has 0 radical (unpaired) electrons. The van der Waals surface area contributed by atoms with Crippen molar-refractivity contribution < 1.29 is 8.95 Å². The first kappa shape index (κ1) is 14.6. The van der Waals surface area contributed by atoms with Gasteiger partial charge >= 0.3 is 6.01 Å². The zero-order chi connectivity index (χ0) is 13.5. The van der Waals surface area contributed by atoms with Gasteiger partial charge in [-0.05, 0) is 13.8 Å². The van der Waals surface area contributed by atoms with Gasteiger partial charge in [0.15, 0.2) is 0 Å². The molecule has 0 aliphatic rings. The second-order valence-electron chi connectivity index (χ2n) is 3.78. The Kier molecular flexibility index (Phi) is 5.76. The molecule has 18 heavy (non-hydrogen) atoms. The van der Waals surface area contributed by atoms with Crippen molar-refractivity contribution in [3.63, 3.8) is 0 Å². The summed E-state index contributed by atoms with van der Waals surface area (Å²) in [6.07, 6.45) is 1.66. The van der Waals surface area contributed by atoms with Crippen molar-refractivity contribution in [1.29, 1.82) is 0 Å². The highest BCUT2D eigenvalue weighted by Gasteiger charge is 2.10. The fourth-order valence-electron chi connectivity index (χ4n) is 1.36. The standard InChI is InChI=1S/C10H19N5O2S/c1-5-11-8-13-9(15-10(14-8)17-3)12-7(2)6-18(4)16/h7H,5-6H2,1-4H3,(H2,11,12,13,14,15). The van der Waals surface area contributed by atoms with Crippen LogP contribution in [0.25, 0.3) is 0 Å². The summed E-state index contributed by atoms with van der Waals surface area (Å²) in [5.41, 5.74) is 0. The molecule has 1 aromatic rings. The van der Waals surface area contributed by atoms with Crippen molar-refractivity contribution >= 4 is 22.7 Å². The number of hydrogen-bond acceptors (Lipinski definition) is 7. The average molecular weight is 273 g/mol. The van der Waals surface area contributed by atoms with Crippen LogP contribution >= 0.6 is 0 Å². The van der Waals surface area contributed by atoms with Crippen molar-refractivity contribution in [2.45, 2.75) is 19.9 Å². The normalized spacial score (nSPS) is 13.8. The molecular formula is C10H19N5O2S. The van der Waals surface area contributed by atoms with E-state index in [9.17, 15) is 4.21 Å². The number of methoxy groups -OCH3 is 1. The minimum Gasteiger partial charge on any atom is -0.467 e. The SMILES string of the molecule is CCNc1nc(NC(C)CS(C)=O)nc(OC)n1. The van der Waals surface area contributed by atoms with E-state index in [2.05, 4.69) is 25.6 Å². The van der Waals surface area contributed by atoms with Gasteiger partial charge in [0, 0.05) is 35.4 Å². The smallest absolute Gasteiger partial charge is 0.322 e. The fraction of sp³-hybridized carbons (Fsp3) is 0.700. The quantitative estimate of drug-likeness (QED) is 0.747. The van der Waals surface area contributed by atoms with Crippen molar-refractivity contribution in [2.75, 3.05) is 36.3 Å². The molecule has 0 aliphatic carbocycles. The van der Waals surface area contributed by atoms with Gasteiger partial charge in [-0.1, -0.05) is 0 Å². The second-order valence-corrected chi connectivity index (χ2v) is 5.26. The third-order valence-electron chi connectivity index (χ3n) is 1.99. The summed E-state index contributed by atoms with van der Waals surface area (Å²) in [6, 6.07) is 0.255. The lowest BCUT2D eigenvalue weighted by Crippen LogP contribution is -2.24. The number of aromatic nitrogens is 3. The Morgan fingerprint density at radius 2 is 2.00 bits per heavy atom. The number of nitrogens with zero attached hydrogens (tertiary/aromatic N) is 3. The van der Waals surface area contributed by atoms with Gasteiger partial charge in [-0.3, -0.25) is 4.21 Å². The van der Waals surface area contributed by atoms with Gasteiger partial charge in [0.25, 0.3) is 0 Å². The van der Waals surface area contributed by atoms with Crippen LogP contribution in [-0.4, -0.2) is 50.9 Å². The van der Waals surface area contributed by atoms with E-state index < -0.39 is 10.8 Å². The van der Waals surface area contributed by atoms with E-state index in [1.165, 1.54) is 7.11 Å². The highest BCUT2D eigenvalue weighted by molar-refractivity contribution is 7.84. The number of hydrogen-bond donors (Lipinski definition) is 2. The Bertz CT molecular complexity index is 415. The Morgan fingerprint density at radius 3 is 2.56 bits per heavy atom. The maximum atomic E-state index is 11.1. The molecule has 1 rings (SSSR count). The average Bonchev–Trinajstić information content (AvgIpc) is 2.27. The van der Waals surface area contributed by atoms with Gasteiger partial charge < -0.3 is 15.4 Å². The van der Waals surface area contributed by atoms with Crippen LogP contribution in [0.4, 0.5) is 11.9 Å². The summed E-state index contributed by atoms with van der Waals surface area (Å²) in [6.45, 7) is 4.58. The molecule has 1 heterocycles. The highest BCUT2D eigenvalue weighted by Crippen LogP contribution is 2.11. The van der Waals surface area contributed by atoms with Gasteiger partial charge in [-0.2, -0.15) is 15.0 Å². The van der Waals surface area contributed by atoms with Crippen LogP contribution in [0.3, 0.4) is 0 Å². The molecule has 2 N–H and O–H groups in total. The molecule has 7 nitrogen and oxygen atoms in total. The lowest BCUT2D eigenvalue weighted by molar-refractivity contribution is 0.379. The van der Waals surface area contributed by atoms with Gasteiger partial charge in [-0.25, -0.2) is 0 Å². The van der Waals surface area contributed by atoms with Crippen molar-refractivity contribution in [1.82, 2.24) is 15.0 Å². The molecule has 0 saturated carbocycles. The molecular weight excluding hydrogens is 254 g/mol. The summed E-state index contributed by atoms with van der Waals surface area (Å²) in [5, 5.41) is 6.07. The molecule has 0 amide bonds. The number of anilines is 2. The van der Waals surface area contributed by atoms with Crippen LogP contribution in [0.2, 0.25) is 0 Å². The van der Waals surface area contributed by atoms with Gasteiger partial charge in [0.1, 0.15) is 0 Å². The summed E-state index contributed by atoms with van der Waals surface area (Å²) in [5.74, 6) is 1.40. The predicted octanol–water partition coefficient (Wildman–Crippen LogP) is 0.491. The molecule has 8 heteroatoms. The number of nitrogens with one attached hydrogen (secondary N) is 2. The lowest BCUT2D eigenvalue weighted by Gasteiger charge is -2.13. The molecule has 0 spiro atoms. The van der Waals surface area contributed by atoms with Gasteiger partial charge in [-0.15, -0.1) is 0 Å². The van der Waals surface area contributed by atoms with E-state index in [0.717, 1.165) is 0 Å². The maximum Gasteiger partial charge on any atom is 0.322 e. The molecule has 0 saturated heterocycles. The Labute approximate surface area is 109 Å². The molecule has 0 aromatic carbocycles. The van der Waals surface area contributed by atoms with E-state index in [0.29, 0.717) is 24.2 Å². The van der Waals surface area contributed by atoms with Crippen molar-refractivity contribution in [3.05, 3.63) is 0 Å². The molecule has 2 unspecified atom stereocenters. The van der Waals surface area contributed by atoms with Crippen LogP contribution in [0.15, 0.2) is 0 Å². The minimum absolute atomic E-state index is 0.0115. The van der Waals surface area contributed by atoms with Gasteiger partial charge in [0.2, 0.25) is 11.9 Å². The Morgan fingerprint density at radius 1 is 1.33 bits per heavy atom. The predicted molar refractivity (Wildman–Crippen MR) is 72.6 cm³/mol. The Hall–Kier alpha value is -1.44. The zero-order valence-electron chi connectivity index (χ0n) is 11.1. The molecule has 102 valence electrons. The largest absolute Gasteiger partial charge is 0.467 e. The molecule has 1 aromatic heterocycles. The van der Waals surface area contributed by atoms with Gasteiger partial charge in [0.05, 0.1) is 7.11 Å². The Balaban J connectivity index is 2.80. The number of rotatable bonds is 7. The van der Waals surface area contributed by atoms with Crippen molar-refractivity contribution in [3.8, 4) is 6.01 Å². The summed E-state index contributed by atoms with van der Waals surface area (Å²) < 4.78 is 16.1. The highest BCUT2D eigenvalue weighted by atomic mass is 32.2. The first-order valence-electron chi connectivity index (χ1n) is 5.65. The van der Waals surface area contributed by atoms with E-state index in [1.54, 1.807) is 6.26 Å². The van der Waals surface area contributed by atoms with Crippen molar-refractivity contribution in [2.24, 2.45) is 0 Å². The summed E-state index contributed by atoms with van der Waals surface area (Å²) in [4.78, 5) is 12.3. The maximum absolute atomic E-state index is 11.1. The lowest BCUT2D eigenvalue weighted by atomic mass is 10.4. The van der Waals surface area contributed by atoms with E-state index in [4.69, 9.17) is 4.74 Å². The first-order chi connectivity index (χ1) is 8.55. The molecule has 2 atom stereocenters. The minimum atomic E-state index is -0.866. The fourth-order valence-corrected chi connectivity index (χ4v) is 2.15. The first-order valence-corrected chi connectivity index (χ1v) is 7.38. The van der Waals surface area contributed by atoms with Crippen LogP contribution in [0.5, 0.6) is 6.01 Å². The third kappa shape index (κ3) is 4.82. The molecule has 0 bridgehead atoms. The van der Waals surface area contributed by atoms with Crippen LogP contribution in [-0.2, 0) is 10.8 Å².